The second kappa shape index (κ2) is 6.16. The maximum absolute atomic E-state index is 12.9. The standard InChI is InChI=1S/C18H20N6O/c1-12-14(11-20-22-12)18(25)24-9-4-6-16(24)15-5-3-7-17(21-15)23-10-8-19-13(23)2/h3,5,7-8,10-11,16H,4,6,9H2,1-2H3,(H,20,22). The van der Waals surface area contributed by atoms with Crippen molar-refractivity contribution in [1.82, 2.24) is 29.6 Å². The van der Waals surface area contributed by atoms with Crippen molar-refractivity contribution in [3.05, 3.63) is 59.6 Å². The van der Waals surface area contributed by atoms with Gasteiger partial charge in [0.05, 0.1) is 23.5 Å². The maximum Gasteiger partial charge on any atom is 0.257 e. The Morgan fingerprint density at radius 2 is 2.20 bits per heavy atom. The average Bonchev–Trinajstić information content (AvgIpc) is 3.35. The molecule has 0 saturated carbocycles. The molecule has 7 heteroatoms. The van der Waals surface area contributed by atoms with Gasteiger partial charge in [-0.05, 0) is 38.8 Å². The number of imidazole rings is 1. The fourth-order valence-electron chi connectivity index (χ4n) is 3.42. The summed E-state index contributed by atoms with van der Waals surface area (Å²) in [6, 6.07) is 5.93. The van der Waals surface area contributed by atoms with Gasteiger partial charge in [0.2, 0.25) is 0 Å². The van der Waals surface area contributed by atoms with E-state index in [-0.39, 0.29) is 11.9 Å². The fraction of sp³-hybridized carbons (Fsp3) is 0.333. The first-order chi connectivity index (χ1) is 12.1. The molecule has 3 aromatic rings. The summed E-state index contributed by atoms with van der Waals surface area (Å²) in [5.41, 5.74) is 2.34. The Balaban J connectivity index is 1.66. The molecule has 0 aliphatic carbocycles. The number of carbonyl (C=O) groups excluding carboxylic acids is 1. The van der Waals surface area contributed by atoms with Gasteiger partial charge in [0, 0.05) is 24.6 Å². The monoisotopic (exact) mass is 336 g/mol. The number of amides is 1. The zero-order chi connectivity index (χ0) is 17.4. The molecule has 0 spiro atoms. The van der Waals surface area contributed by atoms with Crippen LogP contribution in [0, 0.1) is 13.8 Å². The van der Waals surface area contributed by atoms with E-state index >= 15 is 0 Å². The quantitative estimate of drug-likeness (QED) is 0.797. The minimum atomic E-state index is -0.00872. The van der Waals surface area contributed by atoms with Crippen LogP contribution < -0.4 is 0 Å². The van der Waals surface area contributed by atoms with Crippen molar-refractivity contribution in [2.45, 2.75) is 32.7 Å². The van der Waals surface area contributed by atoms with E-state index in [1.54, 1.807) is 12.4 Å². The number of carbonyl (C=O) groups is 1. The molecular weight excluding hydrogens is 316 g/mol. The van der Waals surface area contributed by atoms with Crippen molar-refractivity contribution >= 4 is 5.91 Å². The Bertz CT molecular complexity index is 912. The summed E-state index contributed by atoms with van der Waals surface area (Å²) >= 11 is 0. The van der Waals surface area contributed by atoms with Gasteiger partial charge in [-0.3, -0.25) is 14.5 Å². The van der Waals surface area contributed by atoms with E-state index in [9.17, 15) is 4.79 Å². The number of rotatable bonds is 3. The highest BCUT2D eigenvalue weighted by Crippen LogP contribution is 2.32. The molecule has 1 aliphatic heterocycles. The normalized spacial score (nSPS) is 17.2. The Morgan fingerprint density at radius 1 is 1.32 bits per heavy atom. The van der Waals surface area contributed by atoms with Gasteiger partial charge in [-0.1, -0.05) is 6.07 Å². The Labute approximate surface area is 145 Å². The Morgan fingerprint density at radius 3 is 2.92 bits per heavy atom. The number of nitrogens with one attached hydrogen (secondary N) is 1. The molecular formula is C18H20N6O. The summed E-state index contributed by atoms with van der Waals surface area (Å²) < 4.78 is 1.95. The molecule has 0 radical (unpaired) electrons. The number of likely N-dealkylation sites (tertiary alicyclic amines) is 1. The summed E-state index contributed by atoms with van der Waals surface area (Å²) in [4.78, 5) is 23.9. The first kappa shape index (κ1) is 15.6. The van der Waals surface area contributed by atoms with E-state index in [2.05, 4.69) is 15.2 Å². The first-order valence-corrected chi connectivity index (χ1v) is 8.43. The molecule has 1 amide bonds. The smallest absolute Gasteiger partial charge is 0.257 e. The van der Waals surface area contributed by atoms with E-state index in [4.69, 9.17) is 4.98 Å². The van der Waals surface area contributed by atoms with Crippen LogP contribution in [0.25, 0.3) is 5.82 Å². The van der Waals surface area contributed by atoms with E-state index in [1.165, 1.54) is 0 Å². The van der Waals surface area contributed by atoms with E-state index in [0.717, 1.165) is 42.4 Å². The number of aromatic nitrogens is 5. The van der Waals surface area contributed by atoms with Gasteiger partial charge in [-0.25, -0.2) is 9.97 Å². The number of nitrogens with zero attached hydrogens (tertiary/aromatic N) is 5. The van der Waals surface area contributed by atoms with Crippen molar-refractivity contribution < 1.29 is 4.79 Å². The molecule has 1 N–H and O–H groups in total. The van der Waals surface area contributed by atoms with Crippen molar-refractivity contribution in [2.75, 3.05) is 6.54 Å². The van der Waals surface area contributed by atoms with Crippen LogP contribution in [-0.2, 0) is 0 Å². The van der Waals surface area contributed by atoms with Crippen LogP contribution >= 0.6 is 0 Å². The summed E-state index contributed by atoms with van der Waals surface area (Å²) in [5, 5.41) is 6.81. The minimum absolute atomic E-state index is 0.00872. The highest BCUT2D eigenvalue weighted by molar-refractivity contribution is 5.95. The summed E-state index contributed by atoms with van der Waals surface area (Å²) in [7, 11) is 0. The number of H-pyrrole nitrogens is 1. The second-order valence-corrected chi connectivity index (χ2v) is 6.33. The van der Waals surface area contributed by atoms with Gasteiger partial charge in [-0.2, -0.15) is 5.10 Å². The third kappa shape index (κ3) is 2.71. The van der Waals surface area contributed by atoms with Gasteiger partial charge in [-0.15, -0.1) is 0 Å². The van der Waals surface area contributed by atoms with E-state index < -0.39 is 0 Å². The third-order valence-corrected chi connectivity index (χ3v) is 4.74. The lowest BCUT2D eigenvalue weighted by Gasteiger charge is -2.24. The molecule has 128 valence electrons. The molecule has 3 aromatic heterocycles. The second-order valence-electron chi connectivity index (χ2n) is 6.33. The number of aryl methyl sites for hydroxylation is 2. The van der Waals surface area contributed by atoms with Crippen molar-refractivity contribution in [1.29, 1.82) is 0 Å². The summed E-state index contributed by atoms with van der Waals surface area (Å²) in [6.45, 7) is 4.55. The van der Waals surface area contributed by atoms with E-state index in [0.29, 0.717) is 5.56 Å². The van der Waals surface area contributed by atoms with Gasteiger partial charge in [0.15, 0.2) is 0 Å². The lowest BCUT2D eigenvalue weighted by molar-refractivity contribution is 0.0732. The molecule has 25 heavy (non-hydrogen) atoms. The highest BCUT2D eigenvalue weighted by atomic mass is 16.2. The molecule has 0 aromatic carbocycles. The molecule has 7 nitrogen and oxygen atoms in total. The highest BCUT2D eigenvalue weighted by Gasteiger charge is 2.32. The largest absolute Gasteiger partial charge is 0.330 e. The van der Waals surface area contributed by atoms with Crippen molar-refractivity contribution in [3.63, 3.8) is 0 Å². The van der Waals surface area contributed by atoms with Crippen molar-refractivity contribution in [2.24, 2.45) is 0 Å². The lowest BCUT2D eigenvalue weighted by atomic mass is 10.1. The predicted octanol–water partition coefficient (Wildman–Crippen LogP) is 2.58. The number of hydrogen-bond acceptors (Lipinski definition) is 4. The van der Waals surface area contributed by atoms with Crippen LogP contribution in [0.15, 0.2) is 36.8 Å². The van der Waals surface area contributed by atoms with Crippen LogP contribution in [0.5, 0.6) is 0 Å². The van der Waals surface area contributed by atoms with Gasteiger partial charge in [0.25, 0.3) is 5.91 Å². The van der Waals surface area contributed by atoms with E-state index in [1.807, 2.05) is 47.7 Å². The Kier molecular flexibility index (Phi) is 3.83. The zero-order valence-corrected chi connectivity index (χ0v) is 14.3. The molecule has 1 saturated heterocycles. The number of pyridine rings is 1. The molecule has 1 aliphatic rings. The fourth-order valence-corrected chi connectivity index (χ4v) is 3.42. The zero-order valence-electron chi connectivity index (χ0n) is 14.3. The maximum atomic E-state index is 12.9. The lowest BCUT2D eigenvalue weighted by Crippen LogP contribution is -2.31. The summed E-state index contributed by atoms with van der Waals surface area (Å²) in [6.07, 6.45) is 7.15. The molecule has 4 heterocycles. The first-order valence-electron chi connectivity index (χ1n) is 8.43. The van der Waals surface area contributed by atoms with Crippen LogP contribution in [-0.4, -0.2) is 42.1 Å². The minimum Gasteiger partial charge on any atom is -0.330 e. The summed E-state index contributed by atoms with van der Waals surface area (Å²) in [5.74, 6) is 1.73. The van der Waals surface area contributed by atoms with Gasteiger partial charge < -0.3 is 4.90 Å². The number of aromatic amines is 1. The van der Waals surface area contributed by atoms with Gasteiger partial charge >= 0.3 is 0 Å². The van der Waals surface area contributed by atoms with Gasteiger partial charge in [0.1, 0.15) is 11.6 Å². The SMILES string of the molecule is Cc1[nH]ncc1C(=O)N1CCCC1c1cccc(-n2ccnc2C)n1. The molecule has 1 unspecified atom stereocenters. The average molecular weight is 336 g/mol. The molecule has 1 atom stereocenters. The third-order valence-electron chi connectivity index (χ3n) is 4.74. The Hall–Kier alpha value is -2.96. The number of hydrogen-bond donors (Lipinski definition) is 1. The van der Waals surface area contributed by atoms with Crippen LogP contribution in [0.3, 0.4) is 0 Å². The van der Waals surface area contributed by atoms with Crippen LogP contribution in [0.2, 0.25) is 0 Å². The molecule has 1 fully saturated rings. The van der Waals surface area contributed by atoms with Crippen LogP contribution in [0.1, 0.15) is 46.5 Å². The molecule has 0 bridgehead atoms. The van der Waals surface area contributed by atoms with Crippen molar-refractivity contribution in [3.8, 4) is 5.82 Å². The predicted molar refractivity (Wildman–Crippen MR) is 92.4 cm³/mol. The topological polar surface area (TPSA) is 79.7 Å². The van der Waals surface area contributed by atoms with Crippen LogP contribution in [0.4, 0.5) is 0 Å². The molecule has 4 rings (SSSR count).